The molecule has 0 atom stereocenters. The predicted octanol–water partition coefficient (Wildman–Crippen LogP) is 1.90. The lowest BCUT2D eigenvalue weighted by molar-refractivity contribution is -0.109. The minimum absolute atomic E-state index is 0.541. The minimum Gasteiger partial charge on any atom is -0.443 e. The summed E-state index contributed by atoms with van der Waals surface area (Å²) < 4.78 is 5.29. The number of nitrogens with zero attached hydrogens (tertiary/aromatic N) is 1. The molecular formula is C12H12N2O2. The zero-order chi connectivity index (χ0) is 11.4. The molecule has 0 aliphatic carbocycles. The summed E-state index contributed by atoms with van der Waals surface area (Å²) in [5.74, 6) is 0.787. The lowest BCUT2D eigenvalue weighted by atomic mass is 10.1. The zero-order valence-electron chi connectivity index (χ0n) is 8.93. The topological polar surface area (TPSA) is 55.1 Å². The van der Waals surface area contributed by atoms with Crippen molar-refractivity contribution < 1.29 is 9.21 Å². The zero-order valence-corrected chi connectivity index (χ0v) is 8.93. The molecule has 4 heteroatoms. The van der Waals surface area contributed by atoms with Crippen molar-refractivity contribution in [1.82, 2.24) is 10.3 Å². The third-order valence-electron chi connectivity index (χ3n) is 2.35. The van der Waals surface area contributed by atoms with Gasteiger partial charge in [0.05, 0.1) is 5.69 Å². The maximum atomic E-state index is 10.1. The number of amides is 1. The highest BCUT2D eigenvalue weighted by Crippen LogP contribution is 2.22. The van der Waals surface area contributed by atoms with Crippen LogP contribution in [0.1, 0.15) is 11.3 Å². The second-order valence-corrected chi connectivity index (χ2v) is 3.46. The molecule has 1 N–H and O–H groups in total. The van der Waals surface area contributed by atoms with Crippen LogP contribution in [-0.4, -0.2) is 11.4 Å². The van der Waals surface area contributed by atoms with Crippen molar-refractivity contribution in [2.75, 3.05) is 0 Å². The first kappa shape index (κ1) is 10.4. The van der Waals surface area contributed by atoms with E-state index in [1.807, 2.05) is 31.2 Å². The number of carbonyl (C=O) groups is 1. The Hall–Kier alpha value is -2.10. The van der Waals surface area contributed by atoms with Gasteiger partial charge in [0.25, 0.3) is 0 Å². The highest BCUT2D eigenvalue weighted by Gasteiger charge is 2.05. The molecule has 16 heavy (non-hydrogen) atoms. The number of aromatic nitrogens is 1. The lowest BCUT2D eigenvalue weighted by Gasteiger charge is -2.01. The Balaban J connectivity index is 2.19. The predicted molar refractivity (Wildman–Crippen MR) is 59.6 cm³/mol. The summed E-state index contributed by atoms with van der Waals surface area (Å²) >= 11 is 0. The van der Waals surface area contributed by atoms with Crippen LogP contribution in [0.25, 0.3) is 11.3 Å². The molecule has 0 saturated carbocycles. The summed E-state index contributed by atoms with van der Waals surface area (Å²) in [5, 5.41) is 2.61. The quantitative estimate of drug-likeness (QED) is 0.794. The number of hydrogen-bond acceptors (Lipinski definition) is 3. The van der Waals surface area contributed by atoms with Gasteiger partial charge in [-0.05, 0) is 12.5 Å². The summed E-state index contributed by atoms with van der Waals surface area (Å²) in [4.78, 5) is 14.2. The van der Waals surface area contributed by atoms with Gasteiger partial charge in [-0.25, -0.2) is 4.98 Å². The van der Waals surface area contributed by atoms with E-state index in [4.69, 9.17) is 4.42 Å². The fraction of sp³-hybridized carbons (Fsp3) is 0.167. The van der Waals surface area contributed by atoms with Gasteiger partial charge in [-0.1, -0.05) is 24.3 Å². The molecule has 1 heterocycles. The first-order chi connectivity index (χ1) is 7.81. The third kappa shape index (κ3) is 2.11. The van der Waals surface area contributed by atoms with Crippen molar-refractivity contribution in [3.05, 3.63) is 41.9 Å². The molecule has 1 aromatic carbocycles. The number of carbonyl (C=O) groups excluding carboxylic acids is 1. The molecule has 0 saturated heterocycles. The van der Waals surface area contributed by atoms with Gasteiger partial charge in [0.2, 0.25) is 6.41 Å². The second-order valence-electron chi connectivity index (χ2n) is 3.46. The lowest BCUT2D eigenvalue weighted by Crippen LogP contribution is -2.09. The molecule has 0 unspecified atom stereocenters. The fourth-order valence-corrected chi connectivity index (χ4v) is 1.51. The monoisotopic (exact) mass is 216 g/mol. The van der Waals surface area contributed by atoms with E-state index < -0.39 is 0 Å². The van der Waals surface area contributed by atoms with Gasteiger partial charge in [0, 0.05) is 12.1 Å². The smallest absolute Gasteiger partial charge is 0.207 e. The van der Waals surface area contributed by atoms with Crippen molar-refractivity contribution in [1.29, 1.82) is 0 Å². The molecule has 1 amide bonds. The highest BCUT2D eigenvalue weighted by atomic mass is 16.3. The van der Waals surface area contributed by atoms with Crippen LogP contribution >= 0.6 is 0 Å². The Morgan fingerprint density at radius 2 is 2.12 bits per heavy atom. The van der Waals surface area contributed by atoms with Crippen LogP contribution in [0.2, 0.25) is 0 Å². The molecule has 0 aliphatic heterocycles. The van der Waals surface area contributed by atoms with Crippen molar-refractivity contribution >= 4 is 6.41 Å². The van der Waals surface area contributed by atoms with E-state index in [1.54, 1.807) is 0 Å². The number of hydrogen-bond donors (Lipinski definition) is 1. The molecule has 0 bridgehead atoms. The molecule has 0 radical (unpaired) electrons. The Bertz CT molecular complexity index is 474. The number of nitrogens with one attached hydrogen (secondary N) is 1. The standard InChI is InChI=1S/C12H12N2O2/c1-9-12(16-8-14-9)11-4-2-10(3-5-11)6-13-7-15/h2-5,7-8H,6H2,1H3,(H,13,15). The maximum Gasteiger partial charge on any atom is 0.207 e. The summed E-state index contributed by atoms with van der Waals surface area (Å²) in [7, 11) is 0. The van der Waals surface area contributed by atoms with Gasteiger partial charge >= 0.3 is 0 Å². The molecule has 0 fully saturated rings. The molecule has 0 aliphatic rings. The largest absolute Gasteiger partial charge is 0.443 e. The molecule has 4 nitrogen and oxygen atoms in total. The van der Waals surface area contributed by atoms with Crippen LogP contribution < -0.4 is 5.32 Å². The summed E-state index contributed by atoms with van der Waals surface area (Å²) in [5.41, 5.74) is 2.91. The van der Waals surface area contributed by atoms with Crippen LogP contribution in [0.5, 0.6) is 0 Å². The van der Waals surface area contributed by atoms with Crippen molar-refractivity contribution in [2.24, 2.45) is 0 Å². The van der Waals surface area contributed by atoms with E-state index in [0.717, 1.165) is 22.6 Å². The molecular weight excluding hydrogens is 204 g/mol. The van der Waals surface area contributed by atoms with E-state index in [1.165, 1.54) is 6.39 Å². The Morgan fingerprint density at radius 1 is 1.38 bits per heavy atom. The van der Waals surface area contributed by atoms with E-state index in [-0.39, 0.29) is 0 Å². The normalized spacial score (nSPS) is 10.1. The van der Waals surface area contributed by atoms with Crippen molar-refractivity contribution in [3.8, 4) is 11.3 Å². The SMILES string of the molecule is Cc1ncoc1-c1ccc(CNC=O)cc1. The van der Waals surface area contributed by atoms with Gasteiger partial charge in [0.1, 0.15) is 0 Å². The summed E-state index contributed by atoms with van der Waals surface area (Å²) in [6.45, 7) is 2.44. The van der Waals surface area contributed by atoms with E-state index in [2.05, 4.69) is 10.3 Å². The highest BCUT2D eigenvalue weighted by molar-refractivity contribution is 5.59. The van der Waals surface area contributed by atoms with E-state index >= 15 is 0 Å². The number of rotatable bonds is 4. The van der Waals surface area contributed by atoms with Gasteiger partial charge in [-0.15, -0.1) is 0 Å². The van der Waals surface area contributed by atoms with E-state index in [0.29, 0.717) is 13.0 Å². The Kier molecular flexibility index (Phi) is 3.00. The first-order valence-corrected chi connectivity index (χ1v) is 4.97. The Labute approximate surface area is 93.3 Å². The van der Waals surface area contributed by atoms with E-state index in [9.17, 15) is 4.79 Å². The van der Waals surface area contributed by atoms with Gasteiger partial charge in [-0.2, -0.15) is 0 Å². The fourth-order valence-electron chi connectivity index (χ4n) is 1.51. The number of aryl methyl sites for hydroxylation is 1. The van der Waals surface area contributed by atoms with Crippen molar-refractivity contribution in [3.63, 3.8) is 0 Å². The molecule has 0 spiro atoms. The average Bonchev–Trinajstić information content (AvgIpc) is 2.74. The maximum absolute atomic E-state index is 10.1. The van der Waals surface area contributed by atoms with Gasteiger partial charge in [0.15, 0.2) is 12.2 Å². The first-order valence-electron chi connectivity index (χ1n) is 4.97. The molecule has 82 valence electrons. The van der Waals surface area contributed by atoms with Crippen molar-refractivity contribution in [2.45, 2.75) is 13.5 Å². The minimum atomic E-state index is 0.541. The summed E-state index contributed by atoms with van der Waals surface area (Å²) in [6, 6.07) is 7.81. The van der Waals surface area contributed by atoms with Crippen LogP contribution in [0, 0.1) is 6.92 Å². The van der Waals surface area contributed by atoms with Gasteiger partial charge < -0.3 is 9.73 Å². The third-order valence-corrected chi connectivity index (χ3v) is 2.35. The van der Waals surface area contributed by atoms with Crippen LogP contribution in [0.3, 0.4) is 0 Å². The van der Waals surface area contributed by atoms with Crippen LogP contribution in [-0.2, 0) is 11.3 Å². The summed E-state index contributed by atoms with van der Waals surface area (Å²) in [6.07, 6.45) is 2.13. The number of benzene rings is 1. The number of oxazole rings is 1. The second kappa shape index (κ2) is 4.61. The molecule has 2 rings (SSSR count). The van der Waals surface area contributed by atoms with Gasteiger partial charge in [-0.3, -0.25) is 4.79 Å². The van der Waals surface area contributed by atoms with Crippen LogP contribution in [0.15, 0.2) is 35.1 Å². The molecule has 1 aromatic heterocycles. The Morgan fingerprint density at radius 3 is 2.69 bits per heavy atom. The molecule has 2 aromatic rings. The average molecular weight is 216 g/mol. The van der Waals surface area contributed by atoms with Crippen LogP contribution in [0.4, 0.5) is 0 Å².